The summed E-state index contributed by atoms with van der Waals surface area (Å²) >= 11 is 0. The van der Waals surface area contributed by atoms with Crippen LogP contribution in [0.3, 0.4) is 0 Å². The quantitative estimate of drug-likeness (QED) is 0.904. The number of ether oxygens (including phenoxy) is 2. The lowest BCUT2D eigenvalue weighted by Crippen LogP contribution is -2.46. The van der Waals surface area contributed by atoms with Gasteiger partial charge in [-0.05, 0) is 55.7 Å². The summed E-state index contributed by atoms with van der Waals surface area (Å²) < 4.78 is 10.8. The molecule has 1 aromatic carbocycles. The number of amides is 1. The highest BCUT2D eigenvalue weighted by Gasteiger charge is 2.49. The van der Waals surface area contributed by atoms with E-state index in [1.54, 1.807) is 0 Å². The average Bonchev–Trinajstić information content (AvgIpc) is 3.26. The Morgan fingerprint density at radius 3 is 2.71 bits per heavy atom. The van der Waals surface area contributed by atoms with Crippen molar-refractivity contribution in [2.75, 3.05) is 13.3 Å². The van der Waals surface area contributed by atoms with E-state index in [2.05, 4.69) is 0 Å². The monoisotopic (exact) mass is 352 g/mol. The zero-order valence-electron chi connectivity index (χ0n) is 13.9. The molecule has 2 N–H and O–H groups in total. The topological polar surface area (TPSA) is 64.8 Å². The molecule has 1 aromatic rings. The summed E-state index contributed by atoms with van der Waals surface area (Å²) in [6.07, 6.45) is 3.50. The maximum absolute atomic E-state index is 13.0. The molecule has 4 unspecified atom stereocenters. The molecular formula is C18H25ClN2O3. The SMILES string of the molecule is CCN(Cc1ccc2c(c1)OCO2)C(=O)C1C2CCC(C2)C1N.Cl. The molecular weight excluding hydrogens is 328 g/mol. The molecule has 0 aromatic heterocycles. The Balaban J connectivity index is 0.00000169. The Kier molecular flexibility index (Phi) is 4.92. The summed E-state index contributed by atoms with van der Waals surface area (Å²) in [5.41, 5.74) is 7.41. The van der Waals surface area contributed by atoms with Gasteiger partial charge >= 0.3 is 0 Å². The van der Waals surface area contributed by atoms with E-state index in [0.29, 0.717) is 24.9 Å². The smallest absolute Gasteiger partial charge is 0.231 e. The molecule has 4 rings (SSSR count). The number of carbonyl (C=O) groups is 1. The maximum atomic E-state index is 13.0. The minimum atomic E-state index is 0. The molecule has 0 saturated heterocycles. The number of hydrogen-bond donors (Lipinski definition) is 1. The molecule has 3 aliphatic rings. The molecule has 0 spiro atoms. The lowest BCUT2D eigenvalue weighted by molar-refractivity contribution is -0.138. The molecule has 1 amide bonds. The van der Waals surface area contributed by atoms with Gasteiger partial charge in [-0.25, -0.2) is 0 Å². The minimum Gasteiger partial charge on any atom is -0.454 e. The van der Waals surface area contributed by atoms with Crippen LogP contribution in [-0.2, 0) is 11.3 Å². The van der Waals surface area contributed by atoms with E-state index in [0.717, 1.165) is 29.9 Å². The Hall–Kier alpha value is -1.46. The van der Waals surface area contributed by atoms with Crippen molar-refractivity contribution >= 4 is 18.3 Å². The second kappa shape index (κ2) is 6.81. The first-order chi connectivity index (χ1) is 11.2. The number of hydrogen-bond acceptors (Lipinski definition) is 4. The first kappa shape index (κ1) is 17.4. The number of nitrogens with zero attached hydrogens (tertiary/aromatic N) is 1. The van der Waals surface area contributed by atoms with Gasteiger partial charge in [0.25, 0.3) is 0 Å². The molecule has 4 atom stereocenters. The van der Waals surface area contributed by atoms with Gasteiger partial charge in [0.2, 0.25) is 12.7 Å². The van der Waals surface area contributed by atoms with Crippen LogP contribution < -0.4 is 15.2 Å². The van der Waals surface area contributed by atoms with E-state index in [9.17, 15) is 4.79 Å². The average molecular weight is 353 g/mol. The molecule has 2 aliphatic carbocycles. The molecule has 1 aliphatic heterocycles. The van der Waals surface area contributed by atoms with Crippen LogP contribution in [0.4, 0.5) is 0 Å². The van der Waals surface area contributed by atoms with Gasteiger partial charge in [0.1, 0.15) is 0 Å². The third-order valence-corrected chi connectivity index (χ3v) is 5.77. The normalized spacial score (nSPS) is 29.4. The summed E-state index contributed by atoms with van der Waals surface area (Å²) in [7, 11) is 0. The lowest BCUT2D eigenvalue weighted by atomic mass is 9.84. The predicted octanol–water partition coefficient (Wildman–Crippen LogP) is 2.56. The van der Waals surface area contributed by atoms with Gasteiger partial charge in [0.15, 0.2) is 11.5 Å². The molecule has 24 heavy (non-hydrogen) atoms. The fourth-order valence-electron chi connectivity index (χ4n) is 4.52. The van der Waals surface area contributed by atoms with Gasteiger partial charge in [0, 0.05) is 19.1 Å². The minimum absolute atomic E-state index is 0. The molecule has 5 nitrogen and oxygen atoms in total. The Morgan fingerprint density at radius 2 is 2.00 bits per heavy atom. The van der Waals surface area contributed by atoms with Crippen molar-refractivity contribution in [2.45, 2.75) is 38.8 Å². The number of nitrogens with two attached hydrogens (primary N) is 1. The van der Waals surface area contributed by atoms with E-state index in [4.69, 9.17) is 15.2 Å². The van der Waals surface area contributed by atoms with Crippen molar-refractivity contribution in [1.82, 2.24) is 4.90 Å². The van der Waals surface area contributed by atoms with Crippen molar-refractivity contribution in [3.63, 3.8) is 0 Å². The summed E-state index contributed by atoms with van der Waals surface area (Å²) in [5.74, 6) is 2.83. The first-order valence-electron chi connectivity index (χ1n) is 8.60. The predicted molar refractivity (Wildman–Crippen MR) is 93.2 cm³/mol. The fraction of sp³-hybridized carbons (Fsp3) is 0.611. The van der Waals surface area contributed by atoms with E-state index in [1.807, 2.05) is 30.0 Å². The van der Waals surface area contributed by atoms with Gasteiger partial charge in [0.05, 0.1) is 5.92 Å². The van der Waals surface area contributed by atoms with Crippen LogP contribution in [0.1, 0.15) is 31.7 Å². The van der Waals surface area contributed by atoms with Crippen LogP contribution in [0.5, 0.6) is 11.5 Å². The first-order valence-corrected chi connectivity index (χ1v) is 8.60. The Bertz CT molecular complexity index is 622. The van der Waals surface area contributed by atoms with Crippen LogP contribution in [0.2, 0.25) is 0 Å². The molecule has 132 valence electrons. The van der Waals surface area contributed by atoms with Crippen LogP contribution in [-0.4, -0.2) is 30.2 Å². The number of fused-ring (bicyclic) bond motifs is 3. The van der Waals surface area contributed by atoms with E-state index >= 15 is 0 Å². The summed E-state index contributed by atoms with van der Waals surface area (Å²) in [6, 6.07) is 5.94. The number of rotatable bonds is 4. The lowest BCUT2D eigenvalue weighted by Gasteiger charge is -2.32. The molecule has 1 heterocycles. The highest BCUT2D eigenvalue weighted by atomic mass is 35.5. The second-order valence-electron chi connectivity index (χ2n) is 6.98. The highest BCUT2D eigenvalue weighted by Crippen LogP contribution is 2.48. The molecule has 2 bridgehead atoms. The summed E-state index contributed by atoms with van der Waals surface area (Å²) in [4.78, 5) is 14.9. The van der Waals surface area contributed by atoms with Crippen molar-refractivity contribution in [3.8, 4) is 11.5 Å². The van der Waals surface area contributed by atoms with Crippen LogP contribution in [0.25, 0.3) is 0 Å². The van der Waals surface area contributed by atoms with Gasteiger partial charge in [-0.1, -0.05) is 6.07 Å². The van der Waals surface area contributed by atoms with E-state index in [-0.39, 0.29) is 37.1 Å². The Labute approximate surface area is 148 Å². The van der Waals surface area contributed by atoms with Gasteiger partial charge in [-0.15, -0.1) is 12.4 Å². The standard InChI is InChI=1S/C18H24N2O3.ClH/c1-2-20(9-11-3-6-14-15(7-11)23-10-22-14)18(21)16-12-4-5-13(8-12)17(16)19;/h3,6-7,12-13,16-17H,2,4-5,8-10,19H2,1H3;1H. The van der Waals surface area contributed by atoms with Crippen LogP contribution in [0, 0.1) is 17.8 Å². The van der Waals surface area contributed by atoms with E-state index in [1.165, 1.54) is 6.42 Å². The van der Waals surface area contributed by atoms with E-state index < -0.39 is 0 Å². The number of benzene rings is 1. The van der Waals surface area contributed by atoms with Crippen molar-refractivity contribution in [1.29, 1.82) is 0 Å². The second-order valence-corrected chi connectivity index (χ2v) is 6.98. The zero-order valence-corrected chi connectivity index (χ0v) is 14.8. The van der Waals surface area contributed by atoms with Crippen molar-refractivity contribution < 1.29 is 14.3 Å². The number of carbonyl (C=O) groups excluding carboxylic acids is 1. The third kappa shape index (κ3) is 2.84. The highest BCUT2D eigenvalue weighted by molar-refractivity contribution is 5.85. The van der Waals surface area contributed by atoms with Crippen molar-refractivity contribution in [3.05, 3.63) is 23.8 Å². The Morgan fingerprint density at radius 1 is 1.25 bits per heavy atom. The molecule has 0 radical (unpaired) electrons. The van der Waals surface area contributed by atoms with Crippen molar-refractivity contribution in [2.24, 2.45) is 23.5 Å². The molecule has 2 fully saturated rings. The summed E-state index contributed by atoms with van der Waals surface area (Å²) in [5, 5.41) is 0. The van der Waals surface area contributed by atoms with Gasteiger partial charge < -0.3 is 20.1 Å². The zero-order chi connectivity index (χ0) is 16.0. The van der Waals surface area contributed by atoms with Crippen LogP contribution in [0.15, 0.2) is 18.2 Å². The van der Waals surface area contributed by atoms with Gasteiger partial charge in [-0.2, -0.15) is 0 Å². The molecule has 6 heteroatoms. The maximum Gasteiger partial charge on any atom is 0.231 e. The summed E-state index contributed by atoms with van der Waals surface area (Å²) in [6.45, 7) is 3.61. The largest absolute Gasteiger partial charge is 0.454 e. The number of halogens is 1. The fourth-order valence-corrected chi connectivity index (χ4v) is 4.52. The van der Waals surface area contributed by atoms with Crippen LogP contribution >= 0.6 is 12.4 Å². The van der Waals surface area contributed by atoms with Gasteiger partial charge in [-0.3, -0.25) is 4.79 Å². The third-order valence-electron chi connectivity index (χ3n) is 5.77. The molecule has 2 saturated carbocycles.